The molecule has 0 aromatic carbocycles. The topological polar surface area (TPSA) is 48.7 Å². The predicted molar refractivity (Wildman–Crippen MR) is 127 cm³/mol. The lowest BCUT2D eigenvalue weighted by atomic mass is 9.98. The zero-order valence-electron chi connectivity index (χ0n) is 18.6. The molecular formula is C26H30O4S. The lowest BCUT2D eigenvalue weighted by Gasteiger charge is -2.06. The fourth-order valence-electron chi connectivity index (χ4n) is 2.43. The molecule has 2 heterocycles. The van der Waals surface area contributed by atoms with E-state index in [0.717, 1.165) is 0 Å². The van der Waals surface area contributed by atoms with E-state index >= 15 is 0 Å². The van der Waals surface area contributed by atoms with E-state index in [4.69, 9.17) is 13.9 Å². The molecule has 0 bridgehead atoms. The van der Waals surface area contributed by atoms with Crippen molar-refractivity contribution in [3.63, 3.8) is 0 Å². The molecule has 4 nitrogen and oxygen atoms in total. The Morgan fingerprint density at radius 1 is 1.23 bits per heavy atom. The van der Waals surface area contributed by atoms with Gasteiger partial charge in [0.25, 0.3) is 0 Å². The number of hydrogen-bond donors (Lipinski definition) is 0. The molecule has 0 spiro atoms. The molecule has 0 fully saturated rings. The molecule has 0 aliphatic carbocycles. The lowest BCUT2D eigenvalue weighted by Crippen LogP contribution is -2.07. The maximum atomic E-state index is 12.3. The summed E-state index contributed by atoms with van der Waals surface area (Å²) in [6.45, 7) is 9.12. The Kier molecular flexibility index (Phi) is 10.1. The summed E-state index contributed by atoms with van der Waals surface area (Å²) < 4.78 is 16.6. The maximum Gasteiger partial charge on any atom is 0.334 e. The Morgan fingerprint density at radius 2 is 2.06 bits per heavy atom. The standard InChI is InChI=1S/C26H30O4S/c1-5-29-25(27)22(11-7-6-8-15-26(2,3)4)18-23-12-13-24(30-23)19-28-16-9-10-21-14-17-31-20-21/h6-7,9-10,12-14,17-18,20H,5,11,16,19H2,1-4H3. The van der Waals surface area contributed by atoms with E-state index in [2.05, 4.69) is 44.1 Å². The second-order valence-corrected chi connectivity index (χ2v) is 8.57. The molecule has 31 heavy (non-hydrogen) atoms. The minimum absolute atomic E-state index is 0.0590. The van der Waals surface area contributed by atoms with Crippen molar-refractivity contribution in [2.24, 2.45) is 5.41 Å². The number of hydrogen-bond acceptors (Lipinski definition) is 5. The number of carbonyl (C=O) groups is 1. The van der Waals surface area contributed by atoms with Crippen LogP contribution in [0.15, 0.2) is 57.2 Å². The third kappa shape index (κ3) is 10.2. The Labute approximate surface area is 189 Å². The summed E-state index contributed by atoms with van der Waals surface area (Å²) in [6, 6.07) is 5.73. The first-order valence-electron chi connectivity index (χ1n) is 10.3. The number of thiophene rings is 1. The SMILES string of the molecule is CCOC(=O)C(=Cc1ccc(COCC=Cc2ccsc2)o1)CC=CC#CC(C)(C)C. The molecule has 0 radical (unpaired) electrons. The Hall–Kier alpha value is -2.81. The van der Waals surface area contributed by atoms with Crippen molar-refractivity contribution < 1.29 is 18.7 Å². The van der Waals surface area contributed by atoms with Crippen molar-refractivity contribution >= 4 is 29.5 Å². The van der Waals surface area contributed by atoms with Gasteiger partial charge < -0.3 is 13.9 Å². The van der Waals surface area contributed by atoms with E-state index in [1.807, 2.05) is 35.7 Å². The Bertz CT molecular complexity index is 957. The number of carbonyl (C=O) groups excluding carboxylic acids is 1. The van der Waals surface area contributed by atoms with E-state index in [-0.39, 0.29) is 11.4 Å². The number of furan rings is 1. The van der Waals surface area contributed by atoms with Crippen LogP contribution in [-0.2, 0) is 20.9 Å². The Morgan fingerprint density at radius 3 is 2.77 bits per heavy atom. The molecule has 0 unspecified atom stereocenters. The van der Waals surface area contributed by atoms with Crippen LogP contribution in [0.4, 0.5) is 0 Å². The second-order valence-electron chi connectivity index (χ2n) is 7.79. The molecule has 0 N–H and O–H groups in total. The number of allylic oxidation sites excluding steroid dienone is 2. The van der Waals surface area contributed by atoms with Gasteiger partial charge in [-0.15, -0.1) is 0 Å². The first kappa shape index (κ1) is 24.5. The van der Waals surface area contributed by atoms with Crippen molar-refractivity contribution in [1.29, 1.82) is 0 Å². The van der Waals surface area contributed by atoms with Crippen LogP contribution in [0.2, 0.25) is 0 Å². The highest BCUT2D eigenvalue weighted by Gasteiger charge is 2.11. The third-order valence-corrected chi connectivity index (χ3v) is 4.54. The maximum absolute atomic E-state index is 12.3. The molecule has 2 aromatic heterocycles. The first-order chi connectivity index (χ1) is 14.9. The fraction of sp³-hybridized carbons (Fsp3) is 0.346. The van der Waals surface area contributed by atoms with Crippen LogP contribution in [-0.4, -0.2) is 19.2 Å². The van der Waals surface area contributed by atoms with Crippen molar-refractivity contribution in [2.45, 2.75) is 40.7 Å². The highest BCUT2D eigenvalue weighted by atomic mass is 32.1. The molecule has 0 atom stereocenters. The van der Waals surface area contributed by atoms with Crippen LogP contribution in [0.5, 0.6) is 0 Å². The summed E-state index contributed by atoms with van der Waals surface area (Å²) in [5.74, 6) is 7.07. The summed E-state index contributed by atoms with van der Waals surface area (Å²) in [7, 11) is 0. The minimum atomic E-state index is -0.358. The molecule has 2 aromatic rings. The molecule has 0 aliphatic heterocycles. The van der Waals surface area contributed by atoms with Gasteiger partial charge in [0, 0.05) is 11.0 Å². The average Bonchev–Trinajstić information content (AvgIpc) is 3.38. The molecule has 2 rings (SSSR count). The van der Waals surface area contributed by atoms with Crippen LogP contribution >= 0.6 is 11.3 Å². The summed E-state index contributed by atoms with van der Waals surface area (Å²) in [5, 5.41) is 4.12. The van der Waals surface area contributed by atoms with Crippen LogP contribution in [0.1, 0.15) is 51.2 Å². The molecule has 0 aliphatic rings. The van der Waals surface area contributed by atoms with E-state index in [1.54, 1.807) is 30.4 Å². The van der Waals surface area contributed by atoms with Gasteiger partial charge in [-0.05, 0) is 80.8 Å². The van der Waals surface area contributed by atoms with Crippen molar-refractivity contribution in [2.75, 3.05) is 13.2 Å². The van der Waals surface area contributed by atoms with E-state index < -0.39 is 0 Å². The third-order valence-electron chi connectivity index (χ3n) is 3.83. The summed E-state index contributed by atoms with van der Waals surface area (Å²) >= 11 is 1.66. The van der Waals surface area contributed by atoms with Gasteiger partial charge in [0.05, 0.1) is 13.2 Å². The van der Waals surface area contributed by atoms with Crippen molar-refractivity contribution in [3.8, 4) is 11.8 Å². The van der Waals surface area contributed by atoms with Gasteiger partial charge in [0.15, 0.2) is 0 Å². The zero-order chi connectivity index (χ0) is 22.5. The summed E-state index contributed by atoms with van der Waals surface area (Å²) in [6.07, 6.45) is 9.74. The number of esters is 1. The highest BCUT2D eigenvalue weighted by molar-refractivity contribution is 7.08. The highest BCUT2D eigenvalue weighted by Crippen LogP contribution is 2.17. The number of rotatable bonds is 10. The Balaban J connectivity index is 1.94. The van der Waals surface area contributed by atoms with Gasteiger partial charge in [-0.2, -0.15) is 11.3 Å². The second kappa shape index (κ2) is 12.8. The van der Waals surface area contributed by atoms with Crippen LogP contribution < -0.4 is 0 Å². The summed E-state index contributed by atoms with van der Waals surface area (Å²) in [4.78, 5) is 12.3. The lowest BCUT2D eigenvalue weighted by molar-refractivity contribution is -0.138. The molecule has 164 valence electrons. The van der Waals surface area contributed by atoms with Crippen molar-refractivity contribution in [3.05, 3.63) is 69.8 Å². The quantitative estimate of drug-likeness (QED) is 0.183. The molecule has 0 saturated carbocycles. The monoisotopic (exact) mass is 438 g/mol. The van der Waals surface area contributed by atoms with Gasteiger partial charge in [0.1, 0.15) is 18.1 Å². The normalized spacial score (nSPS) is 12.3. The first-order valence-corrected chi connectivity index (χ1v) is 11.2. The fourth-order valence-corrected chi connectivity index (χ4v) is 3.06. The zero-order valence-corrected chi connectivity index (χ0v) is 19.5. The molecule has 0 saturated heterocycles. The predicted octanol–water partition coefficient (Wildman–Crippen LogP) is 6.51. The molecular weight excluding hydrogens is 408 g/mol. The van der Waals surface area contributed by atoms with Gasteiger partial charge in [-0.25, -0.2) is 4.79 Å². The van der Waals surface area contributed by atoms with Gasteiger partial charge >= 0.3 is 5.97 Å². The van der Waals surface area contributed by atoms with Crippen LogP contribution in [0, 0.1) is 17.3 Å². The smallest absolute Gasteiger partial charge is 0.334 e. The molecule has 0 amide bonds. The molecule has 5 heteroatoms. The van der Waals surface area contributed by atoms with Crippen molar-refractivity contribution in [1.82, 2.24) is 0 Å². The minimum Gasteiger partial charge on any atom is -0.463 e. The van der Waals surface area contributed by atoms with Gasteiger partial charge in [0.2, 0.25) is 0 Å². The van der Waals surface area contributed by atoms with E-state index in [1.165, 1.54) is 5.56 Å². The largest absolute Gasteiger partial charge is 0.463 e. The van der Waals surface area contributed by atoms with E-state index in [9.17, 15) is 4.79 Å². The van der Waals surface area contributed by atoms with Crippen LogP contribution in [0.3, 0.4) is 0 Å². The van der Waals surface area contributed by atoms with Gasteiger partial charge in [-0.1, -0.05) is 30.1 Å². The van der Waals surface area contributed by atoms with Gasteiger partial charge in [-0.3, -0.25) is 0 Å². The number of ether oxygens (including phenoxy) is 2. The van der Waals surface area contributed by atoms with Crippen LogP contribution in [0.25, 0.3) is 12.2 Å². The summed E-state index contributed by atoms with van der Waals surface area (Å²) in [5.41, 5.74) is 1.62. The average molecular weight is 439 g/mol. The van der Waals surface area contributed by atoms with E-state index in [0.29, 0.717) is 43.3 Å².